The monoisotopic (exact) mass is 744 g/mol. The lowest BCUT2D eigenvalue weighted by atomic mass is 10.0. The third-order valence-electron chi connectivity index (χ3n) is 9.43. The van der Waals surface area contributed by atoms with E-state index in [4.69, 9.17) is 9.47 Å². The van der Waals surface area contributed by atoms with Gasteiger partial charge in [-0.25, -0.2) is 9.97 Å². The van der Waals surface area contributed by atoms with Crippen molar-refractivity contribution in [3.63, 3.8) is 0 Å². The number of imidazole rings is 2. The molecule has 0 radical (unpaired) electrons. The zero-order valence-electron chi connectivity index (χ0n) is 31.5. The Balaban J connectivity index is 0.000000174. The molecule has 0 fully saturated rings. The summed E-state index contributed by atoms with van der Waals surface area (Å²) in [4.78, 5) is 8.13. The number of ether oxygens (including phenoxy) is 2. The van der Waals surface area contributed by atoms with E-state index in [0.29, 0.717) is 42.3 Å². The number of hydrogen-bond acceptors (Lipinski definition) is 6. The van der Waals surface area contributed by atoms with Crippen LogP contribution in [0.1, 0.15) is 46.4 Å². The largest absolute Gasteiger partial charge is 0.488 e. The summed E-state index contributed by atoms with van der Waals surface area (Å²) in [5.41, 5.74) is 10.0. The van der Waals surface area contributed by atoms with Crippen molar-refractivity contribution in [1.82, 2.24) is 19.1 Å². The maximum absolute atomic E-state index is 9.47. The molecule has 278 valence electrons. The Hall–Kier alpha value is -7.68. The fourth-order valence-electron chi connectivity index (χ4n) is 6.33. The van der Waals surface area contributed by atoms with Gasteiger partial charge in [0.05, 0.1) is 23.8 Å². The zero-order valence-corrected chi connectivity index (χ0v) is 31.5. The molecular formula is C49H40N6O2. The summed E-state index contributed by atoms with van der Waals surface area (Å²) in [6, 6.07) is 53.0. The van der Waals surface area contributed by atoms with Crippen LogP contribution in [0.2, 0.25) is 0 Å². The second kappa shape index (κ2) is 18.6. The molecule has 1 atom stereocenters. The molecule has 1 unspecified atom stereocenters. The lowest BCUT2D eigenvalue weighted by molar-refractivity contribution is 0.226. The van der Waals surface area contributed by atoms with Gasteiger partial charge in [-0.3, -0.25) is 0 Å². The van der Waals surface area contributed by atoms with Gasteiger partial charge in [0.1, 0.15) is 36.3 Å². The number of benzene rings is 6. The van der Waals surface area contributed by atoms with Crippen LogP contribution in [0.5, 0.6) is 11.5 Å². The lowest BCUT2D eigenvalue weighted by Gasteiger charge is -2.17. The molecule has 0 bridgehead atoms. The normalized spacial score (nSPS) is 11.0. The van der Waals surface area contributed by atoms with E-state index in [2.05, 4.69) is 94.9 Å². The van der Waals surface area contributed by atoms with E-state index in [1.54, 1.807) is 31.1 Å². The van der Waals surface area contributed by atoms with Crippen LogP contribution in [0.3, 0.4) is 0 Å². The molecule has 8 heteroatoms. The third-order valence-corrected chi connectivity index (χ3v) is 9.43. The van der Waals surface area contributed by atoms with E-state index in [9.17, 15) is 10.5 Å². The van der Waals surface area contributed by atoms with Crippen LogP contribution >= 0.6 is 0 Å². The second-order valence-electron chi connectivity index (χ2n) is 13.5. The van der Waals surface area contributed by atoms with Gasteiger partial charge in [0, 0.05) is 37.9 Å². The van der Waals surface area contributed by atoms with Crippen molar-refractivity contribution in [3.05, 3.63) is 216 Å². The molecule has 0 amide bonds. The van der Waals surface area contributed by atoms with Crippen LogP contribution in [-0.4, -0.2) is 19.1 Å². The predicted octanol–water partition coefficient (Wildman–Crippen LogP) is 10.7. The van der Waals surface area contributed by atoms with E-state index < -0.39 is 0 Å². The number of rotatable bonds is 12. The molecule has 6 aromatic carbocycles. The van der Waals surface area contributed by atoms with Crippen LogP contribution in [-0.2, 0) is 19.7 Å². The highest BCUT2D eigenvalue weighted by Gasteiger charge is 2.13. The summed E-state index contributed by atoms with van der Waals surface area (Å²) in [6.07, 6.45) is 10.7. The number of nitrogens with zero attached hydrogens (tertiary/aromatic N) is 6. The van der Waals surface area contributed by atoms with Gasteiger partial charge in [-0.15, -0.1) is 0 Å². The minimum Gasteiger partial charge on any atom is -0.488 e. The first-order chi connectivity index (χ1) is 28.0. The molecule has 0 aliphatic heterocycles. The summed E-state index contributed by atoms with van der Waals surface area (Å²) in [6.45, 7) is 3.79. The summed E-state index contributed by atoms with van der Waals surface area (Å²) in [5, 5.41) is 18.8. The second-order valence-corrected chi connectivity index (χ2v) is 13.5. The van der Waals surface area contributed by atoms with Crippen molar-refractivity contribution in [1.29, 1.82) is 10.5 Å². The molecule has 2 heterocycles. The molecule has 8 aromatic rings. The van der Waals surface area contributed by atoms with Gasteiger partial charge in [-0.1, -0.05) is 121 Å². The first-order valence-electron chi connectivity index (χ1n) is 18.6. The fourth-order valence-corrected chi connectivity index (χ4v) is 6.33. The first-order valence-corrected chi connectivity index (χ1v) is 18.6. The molecule has 0 N–H and O–H groups in total. The highest BCUT2D eigenvalue weighted by atomic mass is 16.5. The number of aromatic nitrogens is 4. The van der Waals surface area contributed by atoms with Crippen LogP contribution in [0, 0.1) is 22.7 Å². The van der Waals surface area contributed by atoms with Gasteiger partial charge in [0.2, 0.25) is 0 Å². The van der Waals surface area contributed by atoms with Gasteiger partial charge in [0.25, 0.3) is 0 Å². The quantitative estimate of drug-likeness (QED) is 0.123. The van der Waals surface area contributed by atoms with Crippen LogP contribution in [0.25, 0.3) is 22.3 Å². The van der Waals surface area contributed by atoms with E-state index in [-0.39, 0.29) is 6.10 Å². The van der Waals surface area contributed by atoms with Crippen LogP contribution in [0.4, 0.5) is 0 Å². The fraction of sp³-hybridized carbons (Fsp3) is 0.102. The zero-order chi connectivity index (χ0) is 39.2. The summed E-state index contributed by atoms with van der Waals surface area (Å²) in [7, 11) is 0. The minimum atomic E-state index is -0.171. The Bertz CT molecular complexity index is 2560. The Labute approximate surface area is 333 Å². The number of nitriles is 2. The first kappa shape index (κ1) is 37.6. The highest BCUT2D eigenvalue weighted by Crippen LogP contribution is 2.29. The topological polar surface area (TPSA) is 102 Å². The summed E-state index contributed by atoms with van der Waals surface area (Å²) >= 11 is 0. The molecule has 0 aliphatic rings. The van der Waals surface area contributed by atoms with Crippen molar-refractivity contribution < 1.29 is 9.47 Å². The molecule has 0 saturated carbocycles. The van der Waals surface area contributed by atoms with Gasteiger partial charge in [-0.2, -0.15) is 10.5 Å². The molecule has 8 nitrogen and oxygen atoms in total. The van der Waals surface area contributed by atoms with E-state index in [1.807, 2.05) is 95.2 Å². The average molecular weight is 745 g/mol. The van der Waals surface area contributed by atoms with Crippen LogP contribution in [0.15, 0.2) is 183 Å². The Morgan fingerprint density at radius 2 is 1.00 bits per heavy atom. The smallest absolute Gasteiger partial charge is 0.138 e. The maximum Gasteiger partial charge on any atom is 0.138 e. The maximum atomic E-state index is 9.47. The van der Waals surface area contributed by atoms with E-state index >= 15 is 0 Å². The molecule has 0 aliphatic carbocycles. The van der Waals surface area contributed by atoms with E-state index in [0.717, 1.165) is 22.3 Å². The van der Waals surface area contributed by atoms with Gasteiger partial charge < -0.3 is 18.6 Å². The average Bonchev–Trinajstić information content (AvgIpc) is 3.99. The molecule has 8 rings (SSSR count). The van der Waals surface area contributed by atoms with Crippen molar-refractivity contribution in [2.24, 2.45) is 0 Å². The van der Waals surface area contributed by atoms with Crippen molar-refractivity contribution in [2.45, 2.75) is 32.7 Å². The molecule has 57 heavy (non-hydrogen) atoms. The standard InChI is InChI=1S/C25H21N3O.C24H19N3O/c1-19(21-9-11-23(12-10-21)22-5-3-2-4-6-22)29-25-15-20(7-8-24(25)16-26)17-28-14-13-27-18-28;25-15-23-11-8-20(16-27-13-12-26-18-27)14-24(23)28-17-19-6-9-22(10-7-19)21-4-2-1-3-5-21/h2-15,18-19H,17H2,1H3;1-14,18H,16-17H2. The lowest BCUT2D eigenvalue weighted by Crippen LogP contribution is -2.05. The molecule has 0 saturated heterocycles. The van der Waals surface area contributed by atoms with Crippen molar-refractivity contribution in [2.75, 3.05) is 0 Å². The molecule has 2 aromatic heterocycles. The summed E-state index contributed by atoms with van der Waals surface area (Å²) in [5.74, 6) is 1.21. The highest BCUT2D eigenvalue weighted by molar-refractivity contribution is 5.64. The van der Waals surface area contributed by atoms with Crippen LogP contribution < -0.4 is 9.47 Å². The van der Waals surface area contributed by atoms with Gasteiger partial charge in [-0.05, 0) is 75.7 Å². The molecule has 0 spiro atoms. The predicted molar refractivity (Wildman–Crippen MR) is 222 cm³/mol. The minimum absolute atomic E-state index is 0.171. The number of hydrogen-bond donors (Lipinski definition) is 0. The third kappa shape index (κ3) is 10.1. The van der Waals surface area contributed by atoms with Gasteiger partial charge in [0.15, 0.2) is 0 Å². The SMILES string of the molecule is CC(Oc1cc(Cn2ccnc2)ccc1C#N)c1ccc(-c2ccccc2)cc1.N#Cc1ccc(Cn2ccnc2)cc1OCc1ccc(-c2ccccc2)cc1. The summed E-state index contributed by atoms with van der Waals surface area (Å²) < 4.78 is 16.1. The molecular weight excluding hydrogens is 705 g/mol. The van der Waals surface area contributed by atoms with Crippen molar-refractivity contribution >= 4 is 0 Å². The Morgan fingerprint density at radius 3 is 1.49 bits per heavy atom. The van der Waals surface area contributed by atoms with E-state index in [1.165, 1.54) is 22.3 Å². The Kier molecular flexibility index (Phi) is 12.3. The van der Waals surface area contributed by atoms with Gasteiger partial charge >= 0.3 is 0 Å². The Morgan fingerprint density at radius 1 is 0.544 bits per heavy atom. The van der Waals surface area contributed by atoms with Crippen molar-refractivity contribution in [3.8, 4) is 45.9 Å².